The van der Waals surface area contributed by atoms with Crippen molar-refractivity contribution < 1.29 is 9.21 Å². The highest BCUT2D eigenvalue weighted by Crippen LogP contribution is 2.42. The van der Waals surface area contributed by atoms with Crippen LogP contribution >= 0.6 is 0 Å². The number of nitrogens with zero attached hydrogens (tertiary/aromatic N) is 3. The molecule has 1 saturated heterocycles. The van der Waals surface area contributed by atoms with Crippen molar-refractivity contribution in [3.63, 3.8) is 0 Å². The molecule has 5 rings (SSSR count). The van der Waals surface area contributed by atoms with Crippen LogP contribution in [0, 0.1) is 0 Å². The molecule has 0 radical (unpaired) electrons. The standard InChI is InChI=1S/C24H27N3O3/c28-22(24(13-5-2-6-14-24)18-8-3-1-4-9-18)26-16-11-19(12-17-26)27-21-20(30-23(27)29)10-7-15-25-21/h1,3-4,7-10,15,19H,2,5-6,11-14,16-17H2. The highest BCUT2D eigenvalue weighted by atomic mass is 16.4. The van der Waals surface area contributed by atoms with Gasteiger partial charge in [-0.2, -0.15) is 0 Å². The lowest BCUT2D eigenvalue weighted by atomic mass is 9.68. The van der Waals surface area contributed by atoms with Crippen LogP contribution in [0.1, 0.15) is 56.6 Å². The zero-order valence-electron chi connectivity index (χ0n) is 17.1. The summed E-state index contributed by atoms with van der Waals surface area (Å²) in [5.41, 5.74) is 1.87. The number of carbonyl (C=O) groups excluding carboxylic acids is 1. The second-order valence-corrected chi connectivity index (χ2v) is 8.60. The lowest BCUT2D eigenvalue weighted by molar-refractivity contribution is -0.140. The summed E-state index contributed by atoms with van der Waals surface area (Å²) in [4.78, 5) is 32.6. The van der Waals surface area contributed by atoms with Crippen molar-refractivity contribution in [2.24, 2.45) is 0 Å². The van der Waals surface area contributed by atoms with Crippen molar-refractivity contribution >= 4 is 17.1 Å². The molecule has 0 N–H and O–H groups in total. The molecule has 1 amide bonds. The minimum Gasteiger partial charge on any atom is -0.406 e. The largest absolute Gasteiger partial charge is 0.421 e. The summed E-state index contributed by atoms with van der Waals surface area (Å²) in [6, 6.07) is 13.9. The summed E-state index contributed by atoms with van der Waals surface area (Å²) in [5, 5.41) is 0. The molecule has 0 spiro atoms. The van der Waals surface area contributed by atoms with Crippen molar-refractivity contribution in [2.45, 2.75) is 56.4 Å². The summed E-state index contributed by atoms with van der Waals surface area (Å²) in [6.45, 7) is 1.31. The van der Waals surface area contributed by atoms with Crippen LogP contribution in [0.4, 0.5) is 0 Å². The molecule has 156 valence electrons. The molecule has 0 bridgehead atoms. The van der Waals surface area contributed by atoms with Gasteiger partial charge in [0.25, 0.3) is 0 Å². The summed E-state index contributed by atoms with van der Waals surface area (Å²) < 4.78 is 7.03. The minimum absolute atomic E-state index is 0.0109. The number of fused-ring (bicyclic) bond motifs is 1. The van der Waals surface area contributed by atoms with Crippen LogP contribution in [0.3, 0.4) is 0 Å². The Bertz CT molecular complexity index is 1090. The zero-order valence-corrected chi connectivity index (χ0v) is 17.1. The average molecular weight is 405 g/mol. The normalized spacial score (nSPS) is 19.8. The molecule has 30 heavy (non-hydrogen) atoms. The Labute approximate surface area is 175 Å². The molecular formula is C24H27N3O3. The molecule has 6 nitrogen and oxygen atoms in total. The van der Waals surface area contributed by atoms with Gasteiger partial charge in [0.05, 0.1) is 5.41 Å². The molecule has 0 atom stereocenters. The Morgan fingerprint density at radius 3 is 2.47 bits per heavy atom. The van der Waals surface area contributed by atoms with Crippen LogP contribution in [-0.4, -0.2) is 33.4 Å². The van der Waals surface area contributed by atoms with E-state index in [9.17, 15) is 9.59 Å². The van der Waals surface area contributed by atoms with E-state index in [4.69, 9.17) is 4.42 Å². The fraction of sp³-hybridized carbons (Fsp3) is 0.458. The fourth-order valence-corrected chi connectivity index (χ4v) is 5.36. The van der Waals surface area contributed by atoms with Crippen LogP contribution in [0.25, 0.3) is 11.2 Å². The fourth-order valence-electron chi connectivity index (χ4n) is 5.36. The number of benzene rings is 1. The number of rotatable bonds is 3. The van der Waals surface area contributed by atoms with Gasteiger partial charge in [-0.3, -0.25) is 9.36 Å². The van der Waals surface area contributed by atoms with Crippen LogP contribution in [-0.2, 0) is 10.2 Å². The van der Waals surface area contributed by atoms with E-state index in [1.807, 2.05) is 23.1 Å². The predicted octanol–water partition coefficient (Wildman–Crippen LogP) is 4.06. The third kappa shape index (κ3) is 3.15. The number of carbonyl (C=O) groups is 1. The van der Waals surface area contributed by atoms with E-state index in [0.717, 1.165) is 44.1 Å². The Morgan fingerprint density at radius 1 is 1.00 bits per heavy atom. The molecule has 2 aromatic heterocycles. The topological polar surface area (TPSA) is 68.3 Å². The molecule has 2 aliphatic rings. The van der Waals surface area contributed by atoms with Gasteiger partial charge in [-0.1, -0.05) is 49.6 Å². The average Bonchev–Trinajstić information content (AvgIpc) is 3.15. The number of amides is 1. The summed E-state index contributed by atoms with van der Waals surface area (Å²) >= 11 is 0. The number of pyridine rings is 1. The van der Waals surface area contributed by atoms with E-state index < -0.39 is 5.41 Å². The first-order valence-corrected chi connectivity index (χ1v) is 11.0. The highest BCUT2D eigenvalue weighted by molar-refractivity contribution is 5.88. The van der Waals surface area contributed by atoms with Gasteiger partial charge in [-0.25, -0.2) is 9.78 Å². The van der Waals surface area contributed by atoms with Gasteiger partial charge in [-0.15, -0.1) is 0 Å². The van der Waals surface area contributed by atoms with E-state index in [2.05, 4.69) is 17.1 Å². The van der Waals surface area contributed by atoms with E-state index in [1.54, 1.807) is 22.9 Å². The molecule has 3 heterocycles. The summed E-state index contributed by atoms with van der Waals surface area (Å²) in [7, 11) is 0. The second-order valence-electron chi connectivity index (χ2n) is 8.60. The summed E-state index contributed by atoms with van der Waals surface area (Å²) in [5.74, 6) is -0.101. The van der Waals surface area contributed by atoms with Gasteiger partial charge in [0.2, 0.25) is 5.91 Å². The van der Waals surface area contributed by atoms with E-state index >= 15 is 0 Å². The van der Waals surface area contributed by atoms with Gasteiger partial charge < -0.3 is 9.32 Å². The first-order valence-electron chi connectivity index (χ1n) is 11.0. The van der Waals surface area contributed by atoms with Gasteiger partial charge in [0, 0.05) is 25.3 Å². The number of likely N-dealkylation sites (tertiary alicyclic amines) is 1. The molecule has 1 aliphatic heterocycles. The number of oxazole rings is 1. The SMILES string of the molecule is O=C(N1CCC(n2c(=O)oc3cccnc32)CC1)C1(c2ccccc2)CCCCC1. The zero-order chi connectivity index (χ0) is 20.6. The monoisotopic (exact) mass is 405 g/mol. The van der Waals surface area contributed by atoms with Crippen molar-refractivity contribution in [3.8, 4) is 0 Å². The van der Waals surface area contributed by atoms with E-state index in [1.165, 1.54) is 6.42 Å². The van der Waals surface area contributed by atoms with Gasteiger partial charge >= 0.3 is 5.76 Å². The van der Waals surface area contributed by atoms with Crippen LogP contribution in [0.5, 0.6) is 0 Å². The van der Waals surface area contributed by atoms with E-state index in [0.29, 0.717) is 24.3 Å². The second kappa shape index (κ2) is 7.74. The van der Waals surface area contributed by atoms with Crippen molar-refractivity contribution in [1.82, 2.24) is 14.5 Å². The molecule has 3 aromatic rings. The number of hydrogen-bond donors (Lipinski definition) is 0. The Kier molecular flexibility index (Phi) is 4.93. The highest BCUT2D eigenvalue weighted by Gasteiger charge is 2.44. The first kappa shape index (κ1) is 19.1. The molecule has 1 aliphatic carbocycles. The first-order chi connectivity index (χ1) is 14.7. The van der Waals surface area contributed by atoms with Crippen molar-refractivity contribution in [2.75, 3.05) is 13.1 Å². The number of hydrogen-bond acceptors (Lipinski definition) is 4. The molecule has 6 heteroatoms. The van der Waals surface area contributed by atoms with Crippen molar-refractivity contribution in [1.29, 1.82) is 0 Å². The van der Waals surface area contributed by atoms with E-state index in [-0.39, 0.29) is 17.7 Å². The van der Waals surface area contributed by atoms with Crippen LogP contribution < -0.4 is 5.76 Å². The Hall–Kier alpha value is -2.89. The Balaban J connectivity index is 1.37. The van der Waals surface area contributed by atoms with Gasteiger partial charge in [-0.05, 0) is 43.4 Å². The third-order valence-electron chi connectivity index (χ3n) is 6.93. The third-order valence-corrected chi connectivity index (χ3v) is 6.93. The van der Waals surface area contributed by atoms with Gasteiger partial charge in [0.1, 0.15) is 0 Å². The molecular weight excluding hydrogens is 378 g/mol. The quantitative estimate of drug-likeness (QED) is 0.659. The molecule has 1 saturated carbocycles. The number of piperidine rings is 1. The molecule has 0 unspecified atom stereocenters. The maximum absolute atomic E-state index is 13.8. The maximum atomic E-state index is 13.8. The lowest BCUT2D eigenvalue weighted by Crippen LogP contribution is -2.51. The van der Waals surface area contributed by atoms with Crippen molar-refractivity contribution in [3.05, 3.63) is 64.8 Å². The Morgan fingerprint density at radius 2 is 1.73 bits per heavy atom. The predicted molar refractivity (Wildman–Crippen MR) is 114 cm³/mol. The maximum Gasteiger partial charge on any atom is 0.421 e. The lowest BCUT2D eigenvalue weighted by Gasteiger charge is -2.42. The minimum atomic E-state index is -0.396. The van der Waals surface area contributed by atoms with Crippen LogP contribution in [0.2, 0.25) is 0 Å². The summed E-state index contributed by atoms with van der Waals surface area (Å²) in [6.07, 6.45) is 8.39. The number of aromatic nitrogens is 2. The smallest absolute Gasteiger partial charge is 0.406 e. The molecule has 1 aromatic carbocycles. The van der Waals surface area contributed by atoms with Gasteiger partial charge in [0.15, 0.2) is 11.2 Å². The van der Waals surface area contributed by atoms with Crippen LogP contribution in [0.15, 0.2) is 57.9 Å². The molecule has 2 fully saturated rings.